The fourth-order valence-electron chi connectivity index (χ4n) is 2.38. The molecule has 6 heteroatoms. The quantitative estimate of drug-likeness (QED) is 0.694. The van der Waals surface area contributed by atoms with Crippen molar-refractivity contribution < 1.29 is 0 Å². The first kappa shape index (κ1) is 13.8. The van der Waals surface area contributed by atoms with E-state index in [1.54, 1.807) is 4.52 Å². The van der Waals surface area contributed by atoms with Crippen molar-refractivity contribution in [3.63, 3.8) is 0 Å². The van der Waals surface area contributed by atoms with Crippen LogP contribution in [0.25, 0.3) is 5.78 Å². The highest BCUT2D eigenvalue weighted by Gasteiger charge is 2.18. The molecule has 5 nitrogen and oxygen atoms in total. The largest absolute Gasteiger partial charge is 0.326 e. The molecule has 108 valence electrons. The van der Waals surface area contributed by atoms with E-state index in [4.69, 9.17) is 11.6 Å². The molecule has 0 saturated heterocycles. The van der Waals surface area contributed by atoms with Crippen molar-refractivity contribution in [1.82, 2.24) is 19.6 Å². The van der Waals surface area contributed by atoms with Crippen LogP contribution in [0.1, 0.15) is 18.1 Å². The van der Waals surface area contributed by atoms with Gasteiger partial charge in [-0.2, -0.15) is 19.6 Å². The lowest BCUT2D eigenvalue weighted by molar-refractivity contribution is 0.868. The van der Waals surface area contributed by atoms with Gasteiger partial charge < -0.3 is 4.90 Å². The van der Waals surface area contributed by atoms with Crippen LogP contribution in [-0.4, -0.2) is 26.1 Å². The summed E-state index contributed by atoms with van der Waals surface area (Å²) in [6, 6.07) is 8.37. The minimum atomic E-state index is 0.455. The van der Waals surface area contributed by atoms with Gasteiger partial charge in [0.1, 0.15) is 17.3 Å². The van der Waals surface area contributed by atoms with Gasteiger partial charge >= 0.3 is 0 Å². The Morgan fingerprint density at radius 2 is 1.90 bits per heavy atom. The summed E-state index contributed by atoms with van der Waals surface area (Å²) in [6.07, 6.45) is 1.49. The summed E-state index contributed by atoms with van der Waals surface area (Å²) in [6.45, 7) is 6.91. The lowest BCUT2D eigenvalue weighted by Gasteiger charge is -2.25. The first-order valence-electron chi connectivity index (χ1n) is 6.82. The van der Waals surface area contributed by atoms with Gasteiger partial charge in [0.05, 0.1) is 0 Å². The number of nitrogens with zero attached hydrogens (tertiary/aromatic N) is 5. The molecule has 2 heterocycles. The second-order valence-corrected chi connectivity index (χ2v) is 5.26. The number of fused-ring (bicyclic) bond motifs is 1. The Labute approximate surface area is 128 Å². The molecule has 0 bridgehead atoms. The first-order chi connectivity index (χ1) is 10.1. The Bertz CT molecular complexity index is 779. The van der Waals surface area contributed by atoms with E-state index in [1.165, 1.54) is 11.9 Å². The van der Waals surface area contributed by atoms with E-state index in [9.17, 15) is 0 Å². The number of aromatic nitrogens is 4. The molecule has 0 unspecified atom stereocenters. The average molecular weight is 302 g/mol. The van der Waals surface area contributed by atoms with E-state index in [1.807, 2.05) is 6.92 Å². The van der Waals surface area contributed by atoms with Crippen molar-refractivity contribution in [3.8, 4) is 0 Å². The molecule has 2 aromatic heterocycles. The summed E-state index contributed by atoms with van der Waals surface area (Å²) in [5.74, 6) is 1.40. The summed E-state index contributed by atoms with van der Waals surface area (Å²) >= 11 is 6.24. The van der Waals surface area contributed by atoms with Crippen LogP contribution in [0.15, 0.2) is 30.6 Å². The van der Waals surface area contributed by atoms with Gasteiger partial charge in [0.2, 0.25) is 0 Å². The van der Waals surface area contributed by atoms with Crippen molar-refractivity contribution in [3.05, 3.63) is 46.9 Å². The van der Waals surface area contributed by atoms with Gasteiger partial charge in [0.25, 0.3) is 5.78 Å². The molecule has 0 radical (unpaired) electrons. The van der Waals surface area contributed by atoms with Gasteiger partial charge in [-0.3, -0.25) is 0 Å². The van der Waals surface area contributed by atoms with E-state index in [-0.39, 0.29) is 0 Å². The third kappa shape index (κ3) is 2.34. The van der Waals surface area contributed by atoms with Crippen LogP contribution in [-0.2, 0) is 0 Å². The Morgan fingerprint density at radius 1 is 1.19 bits per heavy atom. The maximum atomic E-state index is 6.24. The average Bonchev–Trinajstić information content (AvgIpc) is 2.93. The molecular formula is C15H16ClN5. The van der Waals surface area contributed by atoms with E-state index in [0.717, 1.165) is 23.6 Å². The monoisotopic (exact) mass is 301 g/mol. The van der Waals surface area contributed by atoms with Crippen molar-refractivity contribution in [1.29, 1.82) is 0 Å². The molecule has 21 heavy (non-hydrogen) atoms. The molecule has 0 N–H and O–H groups in total. The van der Waals surface area contributed by atoms with Crippen LogP contribution in [0.4, 0.5) is 11.5 Å². The summed E-state index contributed by atoms with van der Waals surface area (Å²) < 4.78 is 1.73. The Morgan fingerprint density at radius 3 is 2.57 bits per heavy atom. The number of rotatable bonds is 3. The zero-order valence-corrected chi connectivity index (χ0v) is 13.0. The van der Waals surface area contributed by atoms with E-state index >= 15 is 0 Å². The van der Waals surface area contributed by atoms with Crippen molar-refractivity contribution in [2.45, 2.75) is 20.8 Å². The highest BCUT2D eigenvalue weighted by molar-refractivity contribution is 6.30. The molecule has 0 aliphatic heterocycles. The van der Waals surface area contributed by atoms with Crippen LogP contribution in [0.2, 0.25) is 5.15 Å². The van der Waals surface area contributed by atoms with Crippen LogP contribution in [0.3, 0.4) is 0 Å². The molecule has 3 rings (SSSR count). The fraction of sp³-hybridized carbons (Fsp3) is 0.267. The second-order valence-electron chi connectivity index (χ2n) is 4.90. The van der Waals surface area contributed by atoms with Gasteiger partial charge in [-0.15, -0.1) is 0 Å². The van der Waals surface area contributed by atoms with Crippen LogP contribution >= 0.6 is 11.6 Å². The maximum Gasteiger partial charge on any atom is 0.255 e. The van der Waals surface area contributed by atoms with E-state index in [2.05, 4.69) is 58.1 Å². The van der Waals surface area contributed by atoms with Gasteiger partial charge in [-0.05, 0) is 32.9 Å². The smallest absolute Gasteiger partial charge is 0.255 e. The molecule has 0 spiro atoms. The second kappa shape index (κ2) is 5.33. The normalized spacial score (nSPS) is 11.0. The van der Waals surface area contributed by atoms with Crippen molar-refractivity contribution in [2.24, 2.45) is 0 Å². The van der Waals surface area contributed by atoms with Gasteiger partial charge in [0, 0.05) is 17.8 Å². The molecule has 0 fully saturated rings. The predicted octanol–water partition coefficient (Wildman–Crippen LogP) is 3.55. The minimum Gasteiger partial charge on any atom is -0.326 e. The predicted molar refractivity (Wildman–Crippen MR) is 84.4 cm³/mol. The SMILES string of the molecule is CCN(c1ccc(C)cc1)c1c(C)c(Cl)nc2ncnn12. The third-order valence-electron chi connectivity index (χ3n) is 3.49. The molecule has 0 saturated carbocycles. The highest BCUT2D eigenvalue weighted by atomic mass is 35.5. The summed E-state index contributed by atoms with van der Waals surface area (Å²) in [5.41, 5.74) is 3.20. The van der Waals surface area contributed by atoms with Crippen molar-refractivity contribution >= 4 is 28.9 Å². The number of anilines is 2. The van der Waals surface area contributed by atoms with Crippen LogP contribution in [0, 0.1) is 13.8 Å². The molecule has 0 atom stereocenters. The molecule has 3 aromatic rings. The summed E-state index contributed by atoms with van der Waals surface area (Å²) in [5, 5.41) is 4.73. The molecule has 0 aliphatic rings. The third-order valence-corrected chi connectivity index (χ3v) is 3.86. The zero-order chi connectivity index (χ0) is 15.0. The number of benzene rings is 1. The molecule has 0 amide bonds. The molecule has 1 aromatic carbocycles. The topological polar surface area (TPSA) is 46.3 Å². The lowest BCUT2D eigenvalue weighted by atomic mass is 10.2. The zero-order valence-electron chi connectivity index (χ0n) is 12.2. The first-order valence-corrected chi connectivity index (χ1v) is 7.19. The molecule has 0 aliphatic carbocycles. The summed E-state index contributed by atoms with van der Waals surface area (Å²) in [7, 11) is 0. The summed E-state index contributed by atoms with van der Waals surface area (Å²) in [4.78, 5) is 10.5. The Hall–Kier alpha value is -2.14. The Balaban J connectivity index is 2.23. The number of hydrogen-bond donors (Lipinski definition) is 0. The maximum absolute atomic E-state index is 6.24. The molecular weight excluding hydrogens is 286 g/mol. The number of aryl methyl sites for hydroxylation is 1. The van der Waals surface area contributed by atoms with Gasteiger partial charge in [-0.1, -0.05) is 29.3 Å². The highest BCUT2D eigenvalue weighted by Crippen LogP contribution is 2.31. The van der Waals surface area contributed by atoms with Gasteiger partial charge in [0.15, 0.2) is 0 Å². The van der Waals surface area contributed by atoms with Gasteiger partial charge in [-0.25, -0.2) is 0 Å². The van der Waals surface area contributed by atoms with E-state index < -0.39 is 0 Å². The number of hydrogen-bond acceptors (Lipinski definition) is 4. The van der Waals surface area contributed by atoms with Crippen LogP contribution in [0.5, 0.6) is 0 Å². The lowest BCUT2D eigenvalue weighted by Crippen LogP contribution is -2.21. The fourth-order valence-corrected chi connectivity index (χ4v) is 2.54. The van der Waals surface area contributed by atoms with Crippen LogP contribution < -0.4 is 4.90 Å². The standard InChI is InChI=1S/C15H16ClN5/c1-4-20(12-7-5-10(2)6-8-12)14-11(3)13(16)19-15-17-9-18-21(14)15/h5-9H,4H2,1-3H3. The van der Waals surface area contributed by atoms with E-state index in [0.29, 0.717) is 10.9 Å². The Kier molecular flexibility index (Phi) is 3.51. The minimum absolute atomic E-state index is 0.455. The van der Waals surface area contributed by atoms with Crippen molar-refractivity contribution in [2.75, 3.05) is 11.4 Å². The number of halogens is 1.